The van der Waals surface area contributed by atoms with E-state index in [0.29, 0.717) is 5.41 Å². The second-order valence-electron chi connectivity index (χ2n) is 9.14. The third-order valence-electron chi connectivity index (χ3n) is 4.32. The molecule has 0 aromatic rings. The lowest BCUT2D eigenvalue weighted by Gasteiger charge is -2.35. The molecule has 0 saturated carbocycles. The van der Waals surface area contributed by atoms with Crippen LogP contribution in [0.2, 0.25) is 0 Å². The van der Waals surface area contributed by atoms with Crippen molar-refractivity contribution in [2.45, 2.75) is 59.9 Å². The molecule has 1 saturated heterocycles. The maximum atomic E-state index is 5.74. The first-order chi connectivity index (χ1) is 10.7. The van der Waals surface area contributed by atoms with Crippen molar-refractivity contribution in [2.75, 3.05) is 59.0 Å². The summed E-state index contributed by atoms with van der Waals surface area (Å²) in [5, 5.41) is 3.45. The van der Waals surface area contributed by atoms with Crippen LogP contribution in [-0.2, 0) is 4.74 Å². The first-order valence-electron chi connectivity index (χ1n) is 9.43. The third kappa shape index (κ3) is 11.9. The molecule has 0 amide bonds. The number of rotatable bonds is 9. The molecular weight excluding hydrogens is 286 g/mol. The third-order valence-corrected chi connectivity index (χ3v) is 4.32. The normalized spacial score (nSPS) is 18.5. The summed E-state index contributed by atoms with van der Waals surface area (Å²) in [5.74, 6) is 0. The van der Waals surface area contributed by atoms with E-state index in [1.807, 2.05) is 0 Å². The topological polar surface area (TPSA) is 27.7 Å². The monoisotopic (exact) mass is 327 g/mol. The van der Waals surface area contributed by atoms with Gasteiger partial charge < -0.3 is 15.0 Å². The van der Waals surface area contributed by atoms with Crippen molar-refractivity contribution < 1.29 is 4.74 Å². The quantitative estimate of drug-likeness (QED) is 0.659. The molecule has 1 N–H and O–H groups in total. The molecule has 4 heteroatoms. The summed E-state index contributed by atoms with van der Waals surface area (Å²) < 4.78 is 5.74. The average Bonchev–Trinajstić information content (AvgIpc) is 2.42. The fraction of sp³-hybridized carbons (Fsp3) is 1.00. The van der Waals surface area contributed by atoms with Gasteiger partial charge in [-0.15, -0.1) is 0 Å². The summed E-state index contributed by atoms with van der Waals surface area (Å²) in [6.07, 6.45) is 2.65. The second kappa shape index (κ2) is 9.97. The van der Waals surface area contributed by atoms with Gasteiger partial charge in [-0.05, 0) is 45.6 Å². The Hall–Kier alpha value is -0.160. The fourth-order valence-corrected chi connectivity index (χ4v) is 2.86. The zero-order valence-corrected chi connectivity index (χ0v) is 16.6. The van der Waals surface area contributed by atoms with E-state index >= 15 is 0 Å². The first-order valence-corrected chi connectivity index (χ1v) is 9.43. The lowest BCUT2D eigenvalue weighted by atomic mass is 9.90. The molecule has 1 rings (SSSR count). The minimum absolute atomic E-state index is 0.187. The molecule has 0 aromatic heterocycles. The van der Waals surface area contributed by atoms with E-state index in [2.05, 4.69) is 56.7 Å². The van der Waals surface area contributed by atoms with Gasteiger partial charge in [0.1, 0.15) is 0 Å². The first kappa shape index (κ1) is 20.9. The Balaban J connectivity index is 1.98. The zero-order chi connectivity index (χ0) is 17.3. The predicted octanol–water partition coefficient (Wildman–Crippen LogP) is 2.84. The number of piperazine rings is 1. The van der Waals surface area contributed by atoms with Crippen LogP contribution >= 0.6 is 0 Å². The minimum Gasteiger partial charge on any atom is -0.379 e. The van der Waals surface area contributed by atoms with Crippen molar-refractivity contribution in [1.82, 2.24) is 15.1 Å². The van der Waals surface area contributed by atoms with Crippen LogP contribution in [0.25, 0.3) is 0 Å². The van der Waals surface area contributed by atoms with E-state index in [-0.39, 0.29) is 5.54 Å². The average molecular weight is 328 g/mol. The Labute approximate surface area is 144 Å². The Bertz CT molecular complexity index is 296. The van der Waals surface area contributed by atoms with Gasteiger partial charge in [0, 0.05) is 44.8 Å². The van der Waals surface area contributed by atoms with Gasteiger partial charge in [-0.3, -0.25) is 4.90 Å². The van der Waals surface area contributed by atoms with Crippen molar-refractivity contribution in [3.8, 4) is 0 Å². The molecule has 0 radical (unpaired) electrons. The molecule has 1 heterocycles. The smallest absolute Gasteiger partial charge is 0.0594 e. The van der Waals surface area contributed by atoms with Crippen molar-refractivity contribution in [1.29, 1.82) is 0 Å². The standard InChI is InChI=1S/C19H41N3O/c1-18(2,3)8-7-10-21-11-13-22(14-12-21)15-17-23-16-9-20-19(4,5)6/h20H,7-17H2,1-6H3. The van der Waals surface area contributed by atoms with E-state index in [1.165, 1.54) is 45.6 Å². The number of nitrogens with one attached hydrogen (secondary N) is 1. The Morgan fingerprint density at radius 1 is 0.826 bits per heavy atom. The molecule has 0 spiro atoms. The maximum absolute atomic E-state index is 5.74. The highest BCUT2D eigenvalue weighted by atomic mass is 16.5. The van der Waals surface area contributed by atoms with E-state index in [1.54, 1.807) is 0 Å². The molecule has 1 aliphatic rings. The largest absolute Gasteiger partial charge is 0.379 e. The van der Waals surface area contributed by atoms with Crippen LogP contribution in [0.4, 0.5) is 0 Å². The van der Waals surface area contributed by atoms with Crippen LogP contribution in [0.1, 0.15) is 54.4 Å². The number of nitrogens with zero attached hydrogens (tertiary/aromatic N) is 2. The van der Waals surface area contributed by atoms with Crippen LogP contribution in [0, 0.1) is 5.41 Å². The van der Waals surface area contributed by atoms with E-state index in [4.69, 9.17) is 4.74 Å². The molecule has 4 nitrogen and oxygen atoms in total. The molecule has 23 heavy (non-hydrogen) atoms. The molecule has 1 fully saturated rings. The summed E-state index contributed by atoms with van der Waals surface area (Å²) in [6.45, 7) is 23.3. The molecular formula is C19H41N3O. The van der Waals surface area contributed by atoms with Crippen LogP contribution in [0.15, 0.2) is 0 Å². The molecule has 0 aliphatic carbocycles. The van der Waals surface area contributed by atoms with Crippen molar-refractivity contribution >= 4 is 0 Å². The predicted molar refractivity (Wildman–Crippen MR) is 100 cm³/mol. The van der Waals surface area contributed by atoms with Gasteiger partial charge in [-0.1, -0.05) is 20.8 Å². The summed E-state index contributed by atoms with van der Waals surface area (Å²) in [6, 6.07) is 0. The fourth-order valence-electron chi connectivity index (χ4n) is 2.86. The van der Waals surface area contributed by atoms with Crippen LogP contribution < -0.4 is 5.32 Å². The van der Waals surface area contributed by atoms with Crippen LogP contribution in [0.3, 0.4) is 0 Å². The van der Waals surface area contributed by atoms with Gasteiger partial charge >= 0.3 is 0 Å². The number of hydrogen-bond acceptors (Lipinski definition) is 4. The molecule has 0 atom stereocenters. The lowest BCUT2D eigenvalue weighted by molar-refractivity contribution is 0.0737. The Morgan fingerprint density at radius 3 is 1.91 bits per heavy atom. The Morgan fingerprint density at radius 2 is 1.39 bits per heavy atom. The summed E-state index contributed by atoms with van der Waals surface area (Å²) in [5.41, 5.74) is 0.660. The van der Waals surface area contributed by atoms with Gasteiger partial charge in [0.15, 0.2) is 0 Å². The van der Waals surface area contributed by atoms with Gasteiger partial charge in [0.25, 0.3) is 0 Å². The van der Waals surface area contributed by atoms with Crippen molar-refractivity contribution in [3.05, 3.63) is 0 Å². The molecule has 0 aromatic carbocycles. The van der Waals surface area contributed by atoms with Crippen molar-refractivity contribution in [3.63, 3.8) is 0 Å². The molecule has 0 bridgehead atoms. The second-order valence-corrected chi connectivity index (χ2v) is 9.14. The molecule has 1 aliphatic heterocycles. The molecule has 138 valence electrons. The number of ether oxygens (including phenoxy) is 1. The SMILES string of the molecule is CC(C)(C)CCCN1CCN(CCOCCNC(C)(C)C)CC1. The van der Waals surface area contributed by atoms with Gasteiger partial charge in [0.2, 0.25) is 0 Å². The summed E-state index contributed by atoms with van der Waals surface area (Å²) in [7, 11) is 0. The van der Waals surface area contributed by atoms with E-state index in [0.717, 1.165) is 26.3 Å². The van der Waals surface area contributed by atoms with Crippen LogP contribution in [-0.4, -0.2) is 74.4 Å². The van der Waals surface area contributed by atoms with Gasteiger partial charge in [0.05, 0.1) is 13.2 Å². The van der Waals surface area contributed by atoms with E-state index < -0.39 is 0 Å². The van der Waals surface area contributed by atoms with Gasteiger partial charge in [-0.25, -0.2) is 0 Å². The van der Waals surface area contributed by atoms with Gasteiger partial charge in [-0.2, -0.15) is 0 Å². The number of hydrogen-bond donors (Lipinski definition) is 1. The highest BCUT2D eigenvalue weighted by Crippen LogP contribution is 2.20. The Kier molecular flexibility index (Phi) is 9.06. The minimum atomic E-state index is 0.187. The van der Waals surface area contributed by atoms with Crippen LogP contribution in [0.5, 0.6) is 0 Å². The highest BCUT2D eigenvalue weighted by Gasteiger charge is 2.17. The van der Waals surface area contributed by atoms with Crippen molar-refractivity contribution in [2.24, 2.45) is 5.41 Å². The molecule has 0 unspecified atom stereocenters. The summed E-state index contributed by atoms with van der Waals surface area (Å²) >= 11 is 0. The van der Waals surface area contributed by atoms with E-state index in [9.17, 15) is 0 Å². The lowest BCUT2D eigenvalue weighted by Crippen LogP contribution is -2.47. The highest BCUT2D eigenvalue weighted by molar-refractivity contribution is 4.73. The summed E-state index contributed by atoms with van der Waals surface area (Å²) in [4.78, 5) is 5.16. The maximum Gasteiger partial charge on any atom is 0.0594 e. The zero-order valence-electron chi connectivity index (χ0n) is 16.6.